The lowest BCUT2D eigenvalue weighted by Crippen LogP contribution is -2.08. The van der Waals surface area contributed by atoms with Gasteiger partial charge in [-0.2, -0.15) is 8.42 Å². The Morgan fingerprint density at radius 2 is 1.50 bits per heavy atom. The summed E-state index contributed by atoms with van der Waals surface area (Å²) in [6.07, 6.45) is 11.5. The van der Waals surface area contributed by atoms with Crippen molar-refractivity contribution in [1.82, 2.24) is 0 Å². The third-order valence-electron chi connectivity index (χ3n) is 3.70. The third kappa shape index (κ3) is 9.18. The lowest BCUT2D eigenvalue weighted by atomic mass is 10.1. The maximum Gasteiger partial charge on any atom is 0.294 e. The first-order chi connectivity index (χ1) is 10.5. The molecule has 4 nitrogen and oxygen atoms in total. The summed E-state index contributed by atoms with van der Waals surface area (Å²) in [5.41, 5.74) is 0. The maximum atomic E-state index is 10.4. The predicted molar refractivity (Wildman–Crippen MR) is 88.6 cm³/mol. The lowest BCUT2D eigenvalue weighted by Gasteiger charge is -2.11. The molecule has 1 aliphatic heterocycles. The van der Waals surface area contributed by atoms with Crippen LogP contribution < -0.4 is 0 Å². The molecule has 1 aliphatic rings. The van der Waals surface area contributed by atoms with Gasteiger partial charge in [-0.05, 0) is 31.9 Å². The molecule has 1 saturated heterocycles. The molecule has 1 aromatic rings. The second kappa shape index (κ2) is 10.8. The van der Waals surface area contributed by atoms with E-state index in [2.05, 4.69) is 6.92 Å². The first kappa shape index (κ1) is 19.1. The number of benzene rings is 1. The molecule has 0 radical (unpaired) electrons. The summed E-state index contributed by atoms with van der Waals surface area (Å²) in [6.45, 7) is 3.19. The monoisotopic (exact) mass is 328 g/mol. The summed E-state index contributed by atoms with van der Waals surface area (Å²) in [5, 5.41) is 0. The van der Waals surface area contributed by atoms with Gasteiger partial charge in [0.15, 0.2) is 0 Å². The average molecular weight is 328 g/mol. The smallest absolute Gasteiger partial charge is 0.294 e. The van der Waals surface area contributed by atoms with Gasteiger partial charge >= 0.3 is 0 Å². The highest BCUT2D eigenvalue weighted by Gasteiger charge is 2.05. The van der Waals surface area contributed by atoms with Gasteiger partial charge in [0, 0.05) is 6.61 Å². The SMILES string of the molecule is CC1CCCCCCCCCO1.O=S(=O)(O)c1ccccc1. The first-order valence-corrected chi connectivity index (χ1v) is 9.58. The Balaban J connectivity index is 0.000000224. The van der Waals surface area contributed by atoms with E-state index in [1.807, 2.05) is 0 Å². The molecule has 0 spiro atoms. The zero-order valence-corrected chi connectivity index (χ0v) is 14.2. The second-order valence-corrected chi connectivity index (χ2v) is 7.15. The zero-order valence-electron chi connectivity index (χ0n) is 13.4. The van der Waals surface area contributed by atoms with Crippen molar-refractivity contribution in [3.63, 3.8) is 0 Å². The fourth-order valence-corrected chi connectivity index (χ4v) is 2.88. The fraction of sp³-hybridized carbons (Fsp3) is 0.647. The van der Waals surface area contributed by atoms with Crippen LogP contribution in [0, 0.1) is 0 Å². The van der Waals surface area contributed by atoms with Crippen LogP contribution in [-0.4, -0.2) is 25.7 Å². The van der Waals surface area contributed by atoms with Gasteiger partial charge in [0.2, 0.25) is 0 Å². The molecule has 0 amide bonds. The van der Waals surface area contributed by atoms with E-state index in [0.717, 1.165) is 6.61 Å². The Labute approximate surface area is 134 Å². The summed E-state index contributed by atoms with van der Waals surface area (Å²) >= 11 is 0. The average Bonchev–Trinajstić information content (AvgIpc) is 2.54. The van der Waals surface area contributed by atoms with Gasteiger partial charge in [-0.1, -0.05) is 56.7 Å². The van der Waals surface area contributed by atoms with Crippen LogP contribution in [0.3, 0.4) is 0 Å². The van der Waals surface area contributed by atoms with Crippen LogP contribution in [0.1, 0.15) is 58.3 Å². The molecule has 126 valence electrons. The first-order valence-electron chi connectivity index (χ1n) is 8.14. The van der Waals surface area contributed by atoms with Gasteiger partial charge in [0.1, 0.15) is 0 Å². The second-order valence-electron chi connectivity index (χ2n) is 5.73. The van der Waals surface area contributed by atoms with Crippen LogP contribution in [0.2, 0.25) is 0 Å². The molecule has 0 saturated carbocycles. The van der Waals surface area contributed by atoms with Crippen LogP contribution in [0.15, 0.2) is 35.2 Å². The highest BCUT2D eigenvalue weighted by molar-refractivity contribution is 7.85. The summed E-state index contributed by atoms with van der Waals surface area (Å²) in [6, 6.07) is 7.42. The molecular weight excluding hydrogens is 300 g/mol. The van der Waals surface area contributed by atoms with E-state index in [0.29, 0.717) is 6.10 Å². The van der Waals surface area contributed by atoms with Crippen LogP contribution in [0.25, 0.3) is 0 Å². The van der Waals surface area contributed by atoms with Crippen molar-refractivity contribution in [2.75, 3.05) is 6.61 Å². The maximum absolute atomic E-state index is 10.4. The van der Waals surface area contributed by atoms with Crippen molar-refractivity contribution in [2.45, 2.75) is 69.3 Å². The standard InChI is InChI=1S/C11H22O.C6H6O3S/c1-11-9-7-5-3-2-4-6-8-10-12-11;7-10(8,9)6-4-2-1-3-5-6/h11H,2-10H2,1H3;1-5H,(H,7,8,9). The van der Waals surface area contributed by atoms with Crippen LogP contribution in [-0.2, 0) is 14.9 Å². The molecule has 0 aromatic heterocycles. The molecule has 22 heavy (non-hydrogen) atoms. The molecule has 5 heteroatoms. The molecule has 2 rings (SSSR count). The largest absolute Gasteiger partial charge is 0.379 e. The van der Waals surface area contributed by atoms with E-state index in [4.69, 9.17) is 9.29 Å². The van der Waals surface area contributed by atoms with E-state index in [9.17, 15) is 8.42 Å². The lowest BCUT2D eigenvalue weighted by molar-refractivity contribution is 0.0568. The molecule has 1 fully saturated rings. The summed E-state index contributed by atoms with van der Waals surface area (Å²) in [5.74, 6) is 0. The van der Waals surface area contributed by atoms with Gasteiger partial charge in [0.25, 0.3) is 10.1 Å². The molecule has 1 heterocycles. The van der Waals surface area contributed by atoms with Crippen LogP contribution in [0.5, 0.6) is 0 Å². The number of ether oxygens (including phenoxy) is 1. The Bertz CT molecular complexity index is 473. The fourth-order valence-electron chi connectivity index (χ4n) is 2.38. The minimum atomic E-state index is -4.00. The predicted octanol–water partition coefficient (Wildman–Crippen LogP) is 4.46. The van der Waals surface area contributed by atoms with Crippen molar-refractivity contribution in [3.05, 3.63) is 30.3 Å². The van der Waals surface area contributed by atoms with Gasteiger partial charge in [-0.25, -0.2) is 0 Å². The van der Waals surface area contributed by atoms with Crippen molar-refractivity contribution in [1.29, 1.82) is 0 Å². The summed E-state index contributed by atoms with van der Waals surface area (Å²) < 4.78 is 34.9. The van der Waals surface area contributed by atoms with E-state index in [-0.39, 0.29) is 4.90 Å². The topological polar surface area (TPSA) is 63.6 Å². The molecule has 0 bridgehead atoms. The van der Waals surface area contributed by atoms with Gasteiger partial charge in [-0.3, -0.25) is 4.55 Å². The molecule has 1 aromatic carbocycles. The van der Waals surface area contributed by atoms with Crippen LogP contribution >= 0.6 is 0 Å². The minimum Gasteiger partial charge on any atom is -0.379 e. The minimum absolute atomic E-state index is 0.0741. The van der Waals surface area contributed by atoms with E-state index in [1.54, 1.807) is 18.2 Å². The van der Waals surface area contributed by atoms with E-state index < -0.39 is 10.1 Å². The number of hydrogen-bond acceptors (Lipinski definition) is 3. The van der Waals surface area contributed by atoms with E-state index >= 15 is 0 Å². The summed E-state index contributed by atoms with van der Waals surface area (Å²) in [4.78, 5) is -0.0741. The molecular formula is C17H28O4S. The van der Waals surface area contributed by atoms with Crippen molar-refractivity contribution < 1.29 is 17.7 Å². The molecule has 1 atom stereocenters. The molecule has 0 aliphatic carbocycles. The van der Waals surface area contributed by atoms with Crippen molar-refractivity contribution >= 4 is 10.1 Å². The zero-order chi connectivity index (χ0) is 16.3. The Kier molecular flexibility index (Phi) is 9.36. The molecule has 1 N–H and O–H groups in total. The number of rotatable bonds is 1. The van der Waals surface area contributed by atoms with Crippen LogP contribution in [0.4, 0.5) is 0 Å². The van der Waals surface area contributed by atoms with Gasteiger partial charge in [0.05, 0.1) is 11.0 Å². The quantitative estimate of drug-likeness (QED) is 0.773. The normalized spacial score (nSPS) is 21.1. The Morgan fingerprint density at radius 3 is 2.05 bits per heavy atom. The highest BCUT2D eigenvalue weighted by atomic mass is 32.2. The Morgan fingerprint density at radius 1 is 0.955 bits per heavy atom. The molecule has 1 unspecified atom stereocenters. The van der Waals surface area contributed by atoms with Gasteiger partial charge < -0.3 is 4.74 Å². The highest BCUT2D eigenvalue weighted by Crippen LogP contribution is 2.13. The third-order valence-corrected chi connectivity index (χ3v) is 4.57. The van der Waals surface area contributed by atoms with E-state index in [1.165, 1.54) is 63.5 Å². The van der Waals surface area contributed by atoms with Gasteiger partial charge in [-0.15, -0.1) is 0 Å². The van der Waals surface area contributed by atoms with Crippen molar-refractivity contribution in [2.24, 2.45) is 0 Å². The summed E-state index contributed by atoms with van der Waals surface area (Å²) in [7, 11) is -4.00. The van der Waals surface area contributed by atoms with Crippen molar-refractivity contribution in [3.8, 4) is 0 Å². The Hall–Kier alpha value is -0.910. The number of hydrogen-bond donors (Lipinski definition) is 1.